The number of carbonyl (C=O) groups is 2. The Morgan fingerprint density at radius 2 is 2.03 bits per heavy atom. The number of ether oxygens (including phenoxy) is 2. The third-order valence-electron chi connectivity index (χ3n) is 3.74. The van der Waals surface area contributed by atoms with E-state index in [-0.39, 0.29) is 12.5 Å². The summed E-state index contributed by atoms with van der Waals surface area (Å²) >= 11 is 13.3. The fourth-order valence-electron chi connectivity index (χ4n) is 2.47. The predicted molar refractivity (Wildman–Crippen MR) is 120 cm³/mol. The largest absolute Gasteiger partial charge is 0.490 e. The van der Waals surface area contributed by atoms with Crippen molar-refractivity contribution < 1.29 is 19.1 Å². The van der Waals surface area contributed by atoms with Crippen LogP contribution in [0.5, 0.6) is 11.5 Å². The van der Waals surface area contributed by atoms with Gasteiger partial charge in [0.1, 0.15) is 0 Å². The first-order valence-electron chi connectivity index (χ1n) is 8.79. The van der Waals surface area contributed by atoms with Crippen LogP contribution in [0.1, 0.15) is 12.5 Å². The van der Waals surface area contributed by atoms with Gasteiger partial charge in [0.25, 0.3) is 11.8 Å². The van der Waals surface area contributed by atoms with Crippen LogP contribution in [0.25, 0.3) is 6.08 Å². The van der Waals surface area contributed by atoms with Crippen molar-refractivity contribution in [1.29, 1.82) is 0 Å². The molecule has 30 heavy (non-hydrogen) atoms. The molecule has 1 saturated heterocycles. The maximum Gasteiger partial charge on any atom is 0.264 e. The minimum absolute atomic E-state index is 0.259. The summed E-state index contributed by atoms with van der Waals surface area (Å²) in [6.45, 7) is 1.97. The van der Waals surface area contributed by atoms with Gasteiger partial charge in [-0.25, -0.2) is 4.99 Å². The molecule has 156 valence electrons. The van der Waals surface area contributed by atoms with Crippen molar-refractivity contribution in [1.82, 2.24) is 5.32 Å². The molecule has 0 saturated carbocycles. The quantitative estimate of drug-likeness (QED) is 0.597. The van der Waals surface area contributed by atoms with Crippen LogP contribution < -0.4 is 20.5 Å². The lowest BCUT2D eigenvalue weighted by Crippen LogP contribution is -2.20. The summed E-state index contributed by atoms with van der Waals surface area (Å²) in [4.78, 5) is 28.1. The fourth-order valence-corrected chi connectivity index (χ4v) is 3.64. The lowest BCUT2D eigenvalue weighted by molar-refractivity contribution is -0.120. The lowest BCUT2D eigenvalue weighted by Gasteiger charge is -2.11. The molecule has 10 heteroatoms. The highest BCUT2D eigenvalue weighted by Gasteiger charge is 2.24. The van der Waals surface area contributed by atoms with E-state index < -0.39 is 5.91 Å². The number of nitrogens with two attached hydrogens (primary N) is 1. The zero-order chi connectivity index (χ0) is 21.7. The Hall–Kier alpha value is -2.68. The number of primary amides is 1. The summed E-state index contributed by atoms with van der Waals surface area (Å²) in [6, 6.07) is 10.2. The number of halogens is 2. The minimum atomic E-state index is -0.589. The summed E-state index contributed by atoms with van der Waals surface area (Å²) in [5, 5.41) is 3.78. The Balaban J connectivity index is 1.83. The molecule has 0 bridgehead atoms. The van der Waals surface area contributed by atoms with Crippen LogP contribution in [0.3, 0.4) is 0 Å². The second kappa shape index (κ2) is 9.88. The summed E-state index contributed by atoms with van der Waals surface area (Å²) in [5.41, 5.74) is 6.29. The SMILES string of the molecule is CCOc1cc(/C=C2/SC(=Nc3cccc(Cl)c3Cl)NC2=O)ccc1OCC(N)=O. The predicted octanol–water partition coefficient (Wildman–Crippen LogP) is 4.15. The zero-order valence-electron chi connectivity index (χ0n) is 15.8. The van der Waals surface area contributed by atoms with Gasteiger partial charge in [0.2, 0.25) is 0 Å². The van der Waals surface area contributed by atoms with Gasteiger partial charge in [-0.2, -0.15) is 0 Å². The first kappa shape index (κ1) is 22.0. The van der Waals surface area contributed by atoms with Crippen LogP contribution in [0.2, 0.25) is 10.0 Å². The Bertz CT molecular complexity index is 1060. The number of hydrogen-bond donors (Lipinski definition) is 2. The molecule has 2 aromatic carbocycles. The molecule has 3 rings (SSSR count). The van der Waals surface area contributed by atoms with Crippen molar-refractivity contribution in [3.05, 3.63) is 56.9 Å². The van der Waals surface area contributed by atoms with Crippen LogP contribution in [0.4, 0.5) is 5.69 Å². The van der Waals surface area contributed by atoms with Crippen LogP contribution in [-0.2, 0) is 9.59 Å². The van der Waals surface area contributed by atoms with E-state index in [4.69, 9.17) is 38.4 Å². The first-order valence-corrected chi connectivity index (χ1v) is 10.4. The molecule has 0 atom stereocenters. The highest BCUT2D eigenvalue weighted by molar-refractivity contribution is 8.18. The van der Waals surface area contributed by atoms with E-state index in [2.05, 4.69) is 10.3 Å². The molecule has 2 amide bonds. The van der Waals surface area contributed by atoms with Crippen molar-refractivity contribution in [2.75, 3.05) is 13.2 Å². The number of benzene rings is 2. The van der Waals surface area contributed by atoms with Crippen molar-refractivity contribution in [3.63, 3.8) is 0 Å². The van der Waals surface area contributed by atoms with Crippen LogP contribution in [0.15, 0.2) is 46.3 Å². The maximum absolute atomic E-state index is 12.3. The van der Waals surface area contributed by atoms with E-state index in [0.29, 0.717) is 49.5 Å². The molecule has 0 radical (unpaired) electrons. The Kier molecular flexibility index (Phi) is 7.25. The first-order chi connectivity index (χ1) is 14.4. The summed E-state index contributed by atoms with van der Waals surface area (Å²) < 4.78 is 10.9. The molecule has 0 aromatic heterocycles. The molecular formula is C20H17Cl2N3O4S. The number of amides is 2. The van der Waals surface area contributed by atoms with Gasteiger partial charge >= 0.3 is 0 Å². The molecule has 1 aliphatic rings. The Morgan fingerprint density at radius 1 is 1.23 bits per heavy atom. The van der Waals surface area contributed by atoms with Gasteiger partial charge in [0, 0.05) is 0 Å². The van der Waals surface area contributed by atoms with Gasteiger partial charge in [-0.05, 0) is 54.6 Å². The second-order valence-electron chi connectivity index (χ2n) is 5.95. The van der Waals surface area contributed by atoms with Gasteiger partial charge in [-0.15, -0.1) is 0 Å². The van der Waals surface area contributed by atoms with Crippen LogP contribution in [0, 0.1) is 0 Å². The highest BCUT2D eigenvalue weighted by Crippen LogP contribution is 2.35. The molecule has 0 unspecified atom stereocenters. The number of nitrogens with zero attached hydrogens (tertiary/aromatic N) is 1. The normalized spacial score (nSPS) is 16.0. The van der Waals surface area contributed by atoms with E-state index in [1.807, 2.05) is 6.92 Å². The number of hydrogen-bond acceptors (Lipinski definition) is 6. The third-order valence-corrected chi connectivity index (χ3v) is 5.46. The monoisotopic (exact) mass is 465 g/mol. The molecule has 1 fully saturated rings. The summed E-state index contributed by atoms with van der Waals surface area (Å²) in [5.74, 6) is -0.0477. The van der Waals surface area contributed by atoms with E-state index in [9.17, 15) is 9.59 Å². The average molecular weight is 466 g/mol. The number of rotatable bonds is 7. The van der Waals surface area contributed by atoms with Crippen molar-refractivity contribution in [2.45, 2.75) is 6.92 Å². The van der Waals surface area contributed by atoms with E-state index >= 15 is 0 Å². The molecule has 2 aromatic rings. The Morgan fingerprint density at radius 3 is 2.77 bits per heavy atom. The fraction of sp³-hybridized carbons (Fsp3) is 0.150. The van der Waals surface area contributed by atoms with Crippen molar-refractivity contribution in [3.8, 4) is 11.5 Å². The summed E-state index contributed by atoms with van der Waals surface area (Å²) in [7, 11) is 0. The Labute approximate surface area is 187 Å². The standard InChI is InChI=1S/C20H17Cl2N3O4S/c1-2-28-15-8-11(6-7-14(15)29-10-17(23)26)9-16-19(27)25-20(30-16)24-13-5-3-4-12(21)18(13)22/h3-9H,2,10H2,1H3,(H2,23,26)(H,24,25,27)/b16-9+. The molecular weight excluding hydrogens is 449 g/mol. The highest BCUT2D eigenvalue weighted by atomic mass is 35.5. The second-order valence-corrected chi connectivity index (χ2v) is 7.76. The number of carbonyl (C=O) groups excluding carboxylic acids is 2. The smallest absolute Gasteiger partial charge is 0.264 e. The molecule has 1 heterocycles. The van der Waals surface area contributed by atoms with E-state index in [0.717, 1.165) is 0 Å². The van der Waals surface area contributed by atoms with Gasteiger partial charge in [-0.1, -0.05) is 35.3 Å². The summed E-state index contributed by atoms with van der Waals surface area (Å²) in [6.07, 6.45) is 1.70. The topological polar surface area (TPSA) is 103 Å². The van der Waals surface area contributed by atoms with Crippen molar-refractivity contribution >= 4 is 63.7 Å². The van der Waals surface area contributed by atoms with Crippen molar-refractivity contribution in [2.24, 2.45) is 10.7 Å². The molecule has 1 aliphatic heterocycles. The van der Waals surface area contributed by atoms with Crippen LogP contribution >= 0.6 is 35.0 Å². The molecule has 7 nitrogen and oxygen atoms in total. The minimum Gasteiger partial charge on any atom is -0.490 e. The number of aliphatic imine (C=N–C) groups is 1. The van der Waals surface area contributed by atoms with E-state index in [1.54, 1.807) is 42.5 Å². The maximum atomic E-state index is 12.3. The van der Waals surface area contributed by atoms with E-state index in [1.165, 1.54) is 11.8 Å². The van der Waals surface area contributed by atoms with Crippen LogP contribution in [-0.4, -0.2) is 30.2 Å². The molecule has 0 spiro atoms. The number of thioether (sulfide) groups is 1. The average Bonchev–Trinajstić information content (AvgIpc) is 3.04. The third kappa shape index (κ3) is 5.47. The van der Waals surface area contributed by atoms with Gasteiger partial charge in [-0.3, -0.25) is 9.59 Å². The zero-order valence-corrected chi connectivity index (χ0v) is 18.1. The number of nitrogens with one attached hydrogen (secondary N) is 1. The number of amidine groups is 1. The molecule has 0 aliphatic carbocycles. The lowest BCUT2D eigenvalue weighted by atomic mass is 10.2. The van der Waals surface area contributed by atoms with Gasteiger partial charge < -0.3 is 20.5 Å². The van der Waals surface area contributed by atoms with Gasteiger partial charge in [0.15, 0.2) is 23.3 Å². The van der Waals surface area contributed by atoms with Gasteiger partial charge in [0.05, 0.1) is 27.2 Å². The molecule has 3 N–H and O–H groups in total.